The van der Waals surface area contributed by atoms with E-state index >= 15 is 0 Å². The molecule has 0 heterocycles. The van der Waals surface area contributed by atoms with Crippen LogP contribution in [0.1, 0.15) is 39.2 Å². The number of rotatable bonds is 6. The Kier molecular flexibility index (Phi) is 4.43. The maximum absolute atomic E-state index is 13.8. The second-order valence-electron chi connectivity index (χ2n) is 5.91. The average molecular weight is 278 g/mol. The van der Waals surface area contributed by atoms with Gasteiger partial charge < -0.3 is 10.2 Å². The fraction of sp³-hybridized carbons (Fsp3) is 0.562. The molecule has 0 saturated heterocycles. The topological polar surface area (TPSA) is 32.3 Å². The Morgan fingerprint density at radius 2 is 2.05 bits per heavy atom. The summed E-state index contributed by atoms with van der Waals surface area (Å²) in [4.78, 5) is 14.5. The maximum atomic E-state index is 13.8. The summed E-state index contributed by atoms with van der Waals surface area (Å²) in [6.45, 7) is 6.83. The van der Waals surface area contributed by atoms with Gasteiger partial charge in [-0.15, -0.1) is 0 Å². The average Bonchev–Trinajstić information content (AvgIpc) is 3.21. The number of likely N-dealkylation sites (N-methyl/N-ethyl adjacent to an activating group) is 1. The highest BCUT2D eigenvalue weighted by Gasteiger charge is 2.39. The molecule has 0 aliphatic heterocycles. The first kappa shape index (κ1) is 15.0. The van der Waals surface area contributed by atoms with E-state index in [-0.39, 0.29) is 17.8 Å². The summed E-state index contributed by atoms with van der Waals surface area (Å²) in [7, 11) is 0. The zero-order valence-electron chi connectivity index (χ0n) is 12.4. The first-order valence-corrected chi connectivity index (χ1v) is 7.25. The van der Waals surface area contributed by atoms with Crippen molar-refractivity contribution in [3.05, 3.63) is 35.6 Å². The zero-order valence-corrected chi connectivity index (χ0v) is 12.4. The smallest absolute Gasteiger partial charge is 0.242 e. The van der Waals surface area contributed by atoms with E-state index in [1.165, 1.54) is 6.07 Å². The lowest BCUT2D eigenvalue weighted by Crippen LogP contribution is -2.54. The van der Waals surface area contributed by atoms with Crippen molar-refractivity contribution in [2.24, 2.45) is 0 Å². The molecule has 4 heteroatoms. The molecule has 0 spiro atoms. The molecule has 0 atom stereocenters. The Balaban J connectivity index is 2.16. The molecule has 1 aliphatic rings. The van der Waals surface area contributed by atoms with Gasteiger partial charge in [-0.2, -0.15) is 0 Å². The van der Waals surface area contributed by atoms with Crippen molar-refractivity contribution in [3.8, 4) is 0 Å². The van der Waals surface area contributed by atoms with E-state index in [1.54, 1.807) is 12.1 Å². The third kappa shape index (κ3) is 3.37. The van der Waals surface area contributed by atoms with Gasteiger partial charge >= 0.3 is 0 Å². The van der Waals surface area contributed by atoms with E-state index in [1.807, 2.05) is 31.7 Å². The maximum Gasteiger partial charge on any atom is 0.242 e. The summed E-state index contributed by atoms with van der Waals surface area (Å²) < 4.78 is 13.8. The van der Waals surface area contributed by atoms with Gasteiger partial charge in [0, 0.05) is 18.2 Å². The van der Waals surface area contributed by atoms with Crippen LogP contribution in [0.3, 0.4) is 0 Å². The number of carbonyl (C=O) groups is 1. The van der Waals surface area contributed by atoms with Gasteiger partial charge in [0.25, 0.3) is 0 Å². The number of amides is 1. The normalized spacial score (nSPS) is 15.2. The molecule has 1 fully saturated rings. The largest absolute Gasteiger partial charge is 0.334 e. The van der Waals surface area contributed by atoms with Gasteiger partial charge in [0.2, 0.25) is 5.91 Å². The molecule has 110 valence electrons. The Labute approximate surface area is 120 Å². The lowest BCUT2D eigenvalue weighted by molar-refractivity contribution is -0.138. The molecule has 0 aromatic heterocycles. The van der Waals surface area contributed by atoms with Crippen LogP contribution in [0.5, 0.6) is 0 Å². The third-order valence-corrected chi connectivity index (χ3v) is 3.70. The van der Waals surface area contributed by atoms with Crippen LogP contribution in [-0.2, 0) is 11.3 Å². The molecule has 20 heavy (non-hydrogen) atoms. The first-order valence-electron chi connectivity index (χ1n) is 7.25. The van der Waals surface area contributed by atoms with Crippen LogP contribution in [0.4, 0.5) is 4.39 Å². The van der Waals surface area contributed by atoms with Crippen LogP contribution >= 0.6 is 0 Å². The van der Waals surface area contributed by atoms with Crippen molar-refractivity contribution in [2.75, 3.05) is 6.54 Å². The van der Waals surface area contributed by atoms with Gasteiger partial charge in [-0.1, -0.05) is 25.1 Å². The van der Waals surface area contributed by atoms with Crippen molar-refractivity contribution >= 4 is 5.91 Å². The van der Waals surface area contributed by atoms with E-state index in [4.69, 9.17) is 0 Å². The van der Waals surface area contributed by atoms with E-state index in [9.17, 15) is 9.18 Å². The number of halogens is 1. The summed E-state index contributed by atoms with van der Waals surface area (Å²) in [5.41, 5.74) is -0.0252. The number of nitrogens with zero attached hydrogens (tertiary/aromatic N) is 1. The van der Waals surface area contributed by atoms with Gasteiger partial charge in [0.1, 0.15) is 5.82 Å². The summed E-state index contributed by atoms with van der Waals surface area (Å²) in [5.74, 6) is -0.197. The molecule has 0 radical (unpaired) electrons. The van der Waals surface area contributed by atoms with Gasteiger partial charge in [-0.25, -0.2) is 4.39 Å². The second-order valence-corrected chi connectivity index (χ2v) is 5.91. The van der Waals surface area contributed by atoms with Crippen LogP contribution < -0.4 is 5.32 Å². The minimum absolute atomic E-state index is 0.0464. The molecule has 1 aromatic carbocycles. The Bertz CT molecular complexity index is 483. The van der Waals surface area contributed by atoms with Gasteiger partial charge in [-0.05, 0) is 39.3 Å². The fourth-order valence-electron chi connectivity index (χ4n) is 2.44. The lowest BCUT2D eigenvalue weighted by atomic mass is 10.0. The molecule has 1 aromatic rings. The number of benzene rings is 1. The van der Waals surface area contributed by atoms with E-state index < -0.39 is 5.54 Å². The van der Waals surface area contributed by atoms with Crippen LogP contribution in [0.2, 0.25) is 0 Å². The van der Waals surface area contributed by atoms with Crippen molar-refractivity contribution < 1.29 is 9.18 Å². The number of hydrogen-bond donors (Lipinski definition) is 1. The Hall–Kier alpha value is -1.42. The highest BCUT2D eigenvalue weighted by Crippen LogP contribution is 2.30. The van der Waals surface area contributed by atoms with E-state index in [2.05, 4.69) is 5.32 Å². The molecular weight excluding hydrogens is 255 g/mol. The van der Waals surface area contributed by atoms with Crippen molar-refractivity contribution in [3.63, 3.8) is 0 Å². The van der Waals surface area contributed by atoms with Crippen molar-refractivity contribution in [2.45, 2.75) is 51.7 Å². The first-order chi connectivity index (χ1) is 9.45. The molecule has 1 saturated carbocycles. The SMILES string of the molecule is CCNC(C)(C)C(=O)N(Cc1ccccc1F)C1CC1. The zero-order chi connectivity index (χ0) is 14.8. The minimum atomic E-state index is -0.609. The molecular formula is C16H23FN2O. The summed E-state index contributed by atoms with van der Waals surface area (Å²) >= 11 is 0. The standard InChI is InChI=1S/C16H23FN2O/c1-4-18-16(2,3)15(20)19(13-9-10-13)11-12-7-5-6-8-14(12)17/h5-8,13,18H,4,9-11H2,1-3H3. The fourth-order valence-corrected chi connectivity index (χ4v) is 2.44. The molecule has 1 N–H and O–H groups in total. The molecule has 1 aliphatic carbocycles. The van der Waals surface area contributed by atoms with Crippen LogP contribution in [0.25, 0.3) is 0 Å². The molecule has 0 bridgehead atoms. The number of nitrogens with one attached hydrogen (secondary N) is 1. The molecule has 2 rings (SSSR count). The van der Waals surface area contributed by atoms with E-state index in [0.29, 0.717) is 12.1 Å². The van der Waals surface area contributed by atoms with Crippen molar-refractivity contribution in [1.82, 2.24) is 10.2 Å². The predicted octanol–water partition coefficient (Wildman–Crippen LogP) is 2.70. The summed E-state index contributed by atoms with van der Waals surface area (Å²) in [6, 6.07) is 6.94. The van der Waals surface area contributed by atoms with Crippen LogP contribution in [-0.4, -0.2) is 28.9 Å². The number of hydrogen-bond acceptors (Lipinski definition) is 2. The monoisotopic (exact) mass is 278 g/mol. The van der Waals surface area contributed by atoms with Gasteiger partial charge in [0.05, 0.1) is 5.54 Å². The second kappa shape index (κ2) is 5.92. The molecule has 1 amide bonds. The van der Waals surface area contributed by atoms with Crippen molar-refractivity contribution in [1.29, 1.82) is 0 Å². The van der Waals surface area contributed by atoms with E-state index in [0.717, 1.165) is 19.4 Å². The van der Waals surface area contributed by atoms with Gasteiger partial charge in [0.15, 0.2) is 0 Å². The molecule has 0 unspecified atom stereocenters. The summed E-state index contributed by atoms with van der Waals surface area (Å²) in [6.07, 6.45) is 2.03. The minimum Gasteiger partial charge on any atom is -0.334 e. The Morgan fingerprint density at radius 1 is 1.40 bits per heavy atom. The van der Waals surface area contributed by atoms with Gasteiger partial charge in [-0.3, -0.25) is 4.79 Å². The Morgan fingerprint density at radius 3 is 2.60 bits per heavy atom. The summed E-state index contributed by atoms with van der Waals surface area (Å²) in [5, 5.41) is 3.20. The van der Waals surface area contributed by atoms with Crippen LogP contribution in [0, 0.1) is 5.82 Å². The third-order valence-electron chi connectivity index (χ3n) is 3.70. The predicted molar refractivity (Wildman–Crippen MR) is 77.7 cm³/mol. The highest BCUT2D eigenvalue weighted by atomic mass is 19.1. The highest BCUT2D eigenvalue weighted by molar-refractivity contribution is 5.86. The lowest BCUT2D eigenvalue weighted by Gasteiger charge is -2.33. The molecule has 3 nitrogen and oxygen atoms in total. The van der Waals surface area contributed by atoms with Crippen LogP contribution in [0.15, 0.2) is 24.3 Å². The quantitative estimate of drug-likeness (QED) is 0.867. The number of carbonyl (C=O) groups excluding carboxylic acids is 1.